The van der Waals surface area contributed by atoms with Gasteiger partial charge in [0.05, 0.1) is 12.3 Å². The van der Waals surface area contributed by atoms with Crippen molar-refractivity contribution >= 4 is 44.8 Å². The number of amides is 1. The molecule has 0 atom stereocenters. The van der Waals surface area contributed by atoms with Crippen LogP contribution in [0.1, 0.15) is 18.1 Å². The van der Waals surface area contributed by atoms with E-state index in [-0.39, 0.29) is 12.5 Å². The molecule has 0 radical (unpaired) electrons. The second-order valence-corrected chi connectivity index (χ2v) is 6.33. The van der Waals surface area contributed by atoms with Crippen molar-refractivity contribution in [1.29, 1.82) is 0 Å². The fraction of sp³-hybridized carbons (Fsp3) is 0.176. The Morgan fingerprint density at radius 3 is 2.61 bits per heavy atom. The first-order valence-corrected chi connectivity index (χ1v) is 8.22. The van der Waals surface area contributed by atoms with Gasteiger partial charge in [-0.05, 0) is 49.2 Å². The molecule has 0 bridgehead atoms. The number of hydrogen-bond donors (Lipinski definition) is 2. The molecule has 120 valence electrons. The van der Waals surface area contributed by atoms with Crippen LogP contribution in [0.25, 0.3) is 0 Å². The Morgan fingerprint density at radius 1 is 1.22 bits per heavy atom. The number of anilines is 1. The van der Waals surface area contributed by atoms with E-state index in [1.54, 1.807) is 0 Å². The second kappa shape index (κ2) is 8.13. The van der Waals surface area contributed by atoms with Crippen LogP contribution in [0.15, 0.2) is 52.0 Å². The highest BCUT2D eigenvalue weighted by Crippen LogP contribution is 2.22. The molecule has 0 saturated carbocycles. The third kappa shape index (κ3) is 5.08. The van der Waals surface area contributed by atoms with Gasteiger partial charge in [-0.15, -0.1) is 0 Å². The van der Waals surface area contributed by atoms with E-state index < -0.39 is 0 Å². The van der Waals surface area contributed by atoms with E-state index >= 15 is 0 Å². The van der Waals surface area contributed by atoms with Crippen LogP contribution >= 0.6 is 27.5 Å². The van der Waals surface area contributed by atoms with Gasteiger partial charge in [-0.25, -0.2) is 5.43 Å². The number of nitrogens with one attached hydrogen (secondary N) is 2. The van der Waals surface area contributed by atoms with Crippen LogP contribution in [0.2, 0.25) is 5.02 Å². The Labute approximate surface area is 149 Å². The lowest BCUT2D eigenvalue weighted by molar-refractivity contribution is -0.119. The summed E-state index contributed by atoms with van der Waals surface area (Å²) in [6.45, 7) is 3.87. The first-order valence-electron chi connectivity index (χ1n) is 7.05. The number of nitrogens with zero attached hydrogens (tertiary/aromatic N) is 1. The van der Waals surface area contributed by atoms with Gasteiger partial charge < -0.3 is 5.32 Å². The third-order valence-corrected chi connectivity index (χ3v) is 4.26. The summed E-state index contributed by atoms with van der Waals surface area (Å²) in [5.74, 6) is -0.221. The maximum Gasteiger partial charge on any atom is 0.259 e. The van der Waals surface area contributed by atoms with Crippen molar-refractivity contribution in [2.45, 2.75) is 13.8 Å². The summed E-state index contributed by atoms with van der Waals surface area (Å²) in [7, 11) is 0. The Hall–Kier alpha value is -1.85. The number of carbonyl (C=O) groups excluding carboxylic acids is 1. The highest BCUT2D eigenvalue weighted by Gasteiger charge is 2.05. The number of benzene rings is 2. The molecule has 2 rings (SSSR count). The molecule has 0 unspecified atom stereocenters. The molecule has 2 aromatic carbocycles. The van der Waals surface area contributed by atoms with Crippen LogP contribution < -0.4 is 10.7 Å². The van der Waals surface area contributed by atoms with Gasteiger partial charge in [0.25, 0.3) is 5.91 Å². The molecule has 0 aliphatic rings. The van der Waals surface area contributed by atoms with Crippen molar-refractivity contribution in [2.75, 3.05) is 11.9 Å². The minimum Gasteiger partial charge on any atom is -0.376 e. The summed E-state index contributed by atoms with van der Waals surface area (Å²) in [4.78, 5) is 11.9. The fourth-order valence-corrected chi connectivity index (χ4v) is 2.35. The lowest BCUT2D eigenvalue weighted by Gasteiger charge is -2.10. The Bertz CT molecular complexity index is 729. The molecule has 6 heteroatoms. The van der Waals surface area contributed by atoms with Crippen molar-refractivity contribution < 1.29 is 4.79 Å². The molecule has 0 heterocycles. The maximum atomic E-state index is 11.9. The van der Waals surface area contributed by atoms with Crippen LogP contribution in [0.4, 0.5) is 5.69 Å². The minimum absolute atomic E-state index is 0.123. The van der Waals surface area contributed by atoms with E-state index in [2.05, 4.69) is 31.8 Å². The summed E-state index contributed by atoms with van der Waals surface area (Å²) in [6, 6.07) is 13.3. The maximum absolute atomic E-state index is 11.9. The van der Waals surface area contributed by atoms with Crippen molar-refractivity contribution in [1.82, 2.24) is 5.43 Å². The van der Waals surface area contributed by atoms with E-state index in [9.17, 15) is 4.79 Å². The molecule has 0 aliphatic heterocycles. The molecule has 2 aromatic rings. The number of hydrogen-bond acceptors (Lipinski definition) is 3. The monoisotopic (exact) mass is 393 g/mol. The lowest BCUT2D eigenvalue weighted by atomic mass is 10.1. The van der Waals surface area contributed by atoms with Crippen LogP contribution in [0, 0.1) is 6.92 Å². The van der Waals surface area contributed by atoms with Crippen molar-refractivity contribution in [3.63, 3.8) is 0 Å². The Kier molecular flexibility index (Phi) is 6.19. The van der Waals surface area contributed by atoms with Gasteiger partial charge in [-0.3, -0.25) is 4.79 Å². The average molecular weight is 395 g/mol. The minimum atomic E-state index is -0.221. The van der Waals surface area contributed by atoms with Gasteiger partial charge >= 0.3 is 0 Å². The molecule has 1 amide bonds. The summed E-state index contributed by atoms with van der Waals surface area (Å²) in [5, 5.41) is 7.83. The van der Waals surface area contributed by atoms with Gasteiger partial charge in [0.15, 0.2) is 0 Å². The number of halogens is 2. The molecule has 2 N–H and O–H groups in total. The third-order valence-electron chi connectivity index (χ3n) is 3.32. The van der Waals surface area contributed by atoms with Crippen LogP contribution in [-0.4, -0.2) is 18.2 Å². The van der Waals surface area contributed by atoms with Gasteiger partial charge in [0.1, 0.15) is 0 Å². The Balaban J connectivity index is 1.91. The number of hydrazone groups is 1. The standard InChI is InChI=1S/C17H17BrClN3O/c1-11-15(19)4-3-5-16(11)20-10-17(23)22-21-12(2)13-6-8-14(18)9-7-13/h3-9,20H,10H2,1-2H3,(H,22,23)/b21-12+. The normalized spacial score (nSPS) is 11.2. The van der Waals surface area contributed by atoms with Gasteiger partial charge in [-0.2, -0.15) is 5.10 Å². The van der Waals surface area contributed by atoms with Crippen molar-refractivity contribution in [2.24, 2.45) is 5.10 Å². The number of rotatable bonds is 5. The van der Waals surface area contributed by atoms with E-state index in [4.69, 9.17) is 11.6 Å². The van der Waals surface area contributed by atoms with Crippen molar-refractivity contribution in [3.05, 3.63) is 63.1 Å². The fourth-order valence-electron chi connectivity index (χ4n) is 1.92. The van der Waals surface area contributed by atoms with E-state index in [1.807, 2.05) is 56.3 Å². The van der Waals surface area contributed by atoms with Crippen LogP contribution in [0.3, 0.4) is 0 Å². The van der Waals surface area contributed by atoms with E-state index in [1.165, 1.54) is 0 Å². The van der Waals surface area contributed by atoms with Crippen LogP contribution in [-0.2, 0) is 4.79 Å². The molecule has 23 heavy (non-hydrogen) atoms. The van der Waals surface area contributed by atoms with Gasteiger partial charge in [0, 0.05) is 15.2 Å². The largest absolute Gasteiger partial charge is 0.376 e. The highest BCUT2D eigenvalue weighted by atomic mass is 79.9. The molecule has 0 aromatic heterocycles. The van der Waals surface area contributed by atoms with E-state index in [0.29, 0.717) is 5.02 Å². The zero-order valence-corrected chi connectivity index (χ0v) is 15.2. The predicted molar refractivity (Wildman–Crippen MR) is 99.2 cm³/mol. The first-order chi connectivity index (χ1) is 11.0. The second-order valence-electron chi connectivity index (χ2n) is 5.01. The summed E-state index contributed by atoms with van der Waals surface area (Å²) in [6.07, 6.45) is 0. The smallest absolute Gasteiger partial charge is 0.259 e. The average Bonchev–Trinajstić information content (AvgIpc) is 2.54. The summed E-state index contributed by atoms with van der Waals surface area (Å²) in [5.41, 5.74) is 5.98. The van der Waals surface area contributed by atoms with Crippen molar-refractivity contribution in [3.8, 4) is 0 Å². The lowest BCUT2D eigenvalue weighted by Crippen LogP contribution is -2.27. The quantitative estimate of drug-likeness (QED) is 0.584. The Morgan fingerprint density at radius 2 is 1.91 bits per heavy atom. The molecule has 0 aliphatic carbocycles. The molecule has 0 spiro atoms. The molecule has 4 nitrogen and oxygen atoms in total. The zero-order valence-electron chi connectivity index (χ0n) is 12.9. The molecular formula is C17H17BrClN3O. The van der Waals surface area contributed by atoms with Gasteiger partial charge in [0.2, 0.25) is 0 Å². The molecule has 0 saturated heterocycles. The SMILES string of the molecule is C/C(=N\NC(=O)CNc1cccc(Cl)c1C)c1ccc(Br)cc1. The predicted octanol–water partition coefficient (Wildman–Crippen LogP) is 4.36. The van der Waals surface area contributed by atoms with E-state index in [0.717, 1.165) is 27.0 Å². The molecular weight excluding hydrogens is 378 g/mol. The topological polar surface area (TPSA) is 53.5 Å². The number of carbonyl (C=O) groups is 1. The first kappa shape index (κ1) is 17.5. The summed E-state index contributed by atoms with van der Waals surface area (Å²) < 4.78 is 0.999. The highest BCUT2D eigenvalue weighted by molar-refractivity contribution is 9.10. The molecule has 0 fully saturated rings. The zero-order chi connectivity index (χ0) is 16.8. The summed E-state index contributed by atoms with van der Waals surface area (Å²) >= 11 is 9.43. The van der Waals surface area contributed by atoms with Gasteiger partial charge in [-0.1, -0.05) is 45.7 Å². The van der Waals surface area contributed by atoms with Crippen LogP contribution in [0.5, 0.6) is 0 Å².